The number of carbonyl (C=O) groups is 1. The molecule has 1 saturated heterocycles. The molecule has 1 aromatic heterocycles. The Bertz CT molecular complexity index is 711. The van der Waals surface area contributed by atoms with Crippen LogP contribution in [0.25, 0.3) is 0 Å². The zero-order chi connectivity index (χ0) is 18.4. The minimum Gasteiger partial charge on any atom is -0.379 e. The number of benzene rings is 1. The van der Waals surface area contributed by atoms with Gasteiger partial charge in [-0.15, -0.1) is 0 Å². The summed E-state index contributed by atoms with van der Waals surface area (Å²) in [5, 5.41) is 0. The van der Waals surface area contributed by atoms with Crippen molar-refractivity contribution in [1.29, 1.82) is 0 Å². The maximum atomic E-state index is 13.1. The summed E-state index contributed by atoms with van der Waals surface area (Å²) in [5.41, 5.74) is 0.994. The van der Waals surface area contributed by atoms with Crippen LogP contribution in [0.3, 0.4) is 0 Å². The molecular weight excluding hydrogens is 335 g/mol. The first-order chi connectivity index (χ1) is 12.6. The highest BCUT2D eigenvalue weighted by Gasteiger charge is 2.16. The molecule has 1 aliphatic heterocycles. The van der Waals surface area contributed by atoms with Gasteiger partial charge in [0.1, 0.15) is 11.6 Å². The van der Waals surface area contributed by atoms with E-state index in [2.05, 4.69) is 9.88 Å². The Kier molecular flexibility index (Phi) is 6.35. The molecule has 6 nitrogen and oxygen atoms in total. The molecular formula is C19H25FN4O2. The number of halogens is 1. The highest BCUT2D eigenvalue weighted by Crippen LogP contribution is 2.10. The lowest BCUT2D eigenvalue weighted by atomic mass is 10.2. The average Bonchev–Trinajstić information content (AvgIpc) is 3.08. The van der Waals surface area contributed by atoms with Crippen LogP contribution in [-0.2, 0) is 22.6 Å². The normalized spacial score (nSPS) is 15.2. The van der Waals surface area contributed by atoms with Crippen molar-refractivity contribution >= 4 is 5.91 Å². The minimum atomic E-state index is -0.245. The molecule has 0 unspecified atom stereocenters. The number of hydrogen-bond donors (Lipinski definition) is 0. The summed E-state index contributed by atoms with van der Waals surface area (Å²) >= 11 is 0. The Morgan fingerprint density at radius 1 is 1.27 bits per heavy atom. The summed E-state index contributed by atoms with van der Waals surface area (Å²) in [7, 11) is 0. The van der Waals surface area contributed by atoms with Crippen molar-refractivity contribution < 1.29 is 13.9 Å². The van der Waals surface area contributed by atoms with Crippen LogP contribution in [0.1, 0.15) is 18.3 Å². The third-order valence-electron chi connectivity index (χ3n) is 4.64. The molecule has 1 aromatic carbocycles. The van der Waals surface area contributed by atoms with Crippen LogP contribution in [-0.4, -0.2) is 64.7 Å². The number of aromatic nitrogens is 2. The SMILES string of the molecule is CC(=O)N(CCN1CCOCC1)Cc1nccn1Cc1ccc(F)cc1. The van der Waals surface area contributed by atoms with Gasteiger partial charge >= 0.3 is 0 Å². The van der Waals surface area contributed by atoms with Crippen LogP contribution >= 0.6 is 0 Å². The number of rotatable bonds is 7. The van der Waals surface area contributed by atoms with Crippen molar-refractivity contribution in [3.05, 3.63) is 53.9 Å². The minimum absolute atomic E-state index is 0.0367. The highest BCUT2D eigenvalue weighted by molar-refractivity contribution is 5.73. The molecule has 140 valence electrons. The largest absolute Gasteiger partial charge is 0.379 e. The number of ether oxygens (including phenoxy) is 1. The van der Waals surface area contributed by atoms with E-state index in [9.17, 15) is 9.18 Å². The summed E-state index contributed by atoms with van der Waals surface area (Å²) in [6.45, 7) is 7.48. The monoisotopic (exact) mass is 360 g/mol. The van der Waals surface area contributed by atoms with E-state index in [-0.39, 0.29) is 11.7 Å². The van der Waals surface area contributed by atoms with Gasteiger partial charge in [-0.1, -0.05) is 12.1 Å². The molecule has 1 fully saturated rings. The van der Waals surface area contributed by atoms with Gasteiger partial charge in [0.2, 0.25) is 5.91 Å². The molecule has 0 N–H and O–H groups in total. The zero-order valence-electron chi connectivity index (χ0n) is 15.1. The van der Waals surface area contributed by atoms with Crippen molar-refractivity contribution in [3.63, 3.8) is 0 Å². The van der Waals surface area contributed by atoms with E-state index in [4.69, 9.17) is 4.74 Å². The van der Waals surface area contributed by atoms with Crippen molar-refractivity contribution in [3.8, 4) is 0 Å². The molecule has 1 amide bonds. The third kappa shape index (κ3) is 5.12. The number of hydrogen-bond acceptors (Lipinski definition) is 4. The van der Waals surface area contributed by atoms with Gasteiger partial charge in [0.25, 0.3) is 0 Å². The van der Waals surface area contributed by atoms with Crippen molar-refractivity contribution in [1.82, 2.24) is 19.4 Å². The molecule has 0 bridgehead atoms. The Balaban J connectivity index is 1.61. The molecule has 2 heterocycles. The van der Waals surface area contributed by atoms with E-state index >= 15 is 0 Å². The molecule has 0 atom stereocenters. The van der Waals surface area contributed by atoms with Crippen LogP contribution in [0.15, 0.2) is 36.7 Å². The molecule has 0 spiro atoms. The predicted octanol–water partition coefficient (Wildman–Crippen LogP) is 1.75. The van der Waals surface area contributed by atoms with E-state index in [0.717, 1.165) is 44.2 Å². The maximum Gasteiger partial charge on any atom is 0.219 e. The van der Waals surface area contributed by atoms with Gasteiger partial charge < -0.3 is 14.2 Å². The fourth-order valence-corrected chi connectivity index (χ4v) is 3.03. The van der Waals surface area contributed by atoms with Crippen LogP contribution in [0.4, 0.5) is 4.39 Å². The molecule has 26 heavy (non-hydrogen) atoms. The van der Waals surface area contributed by atoms with Gasteiger partial charge in [-0.05, 0) is 17.7 Å². The van der Waals surface area contributed by atoms with Gasteiger partial charge in [0.05, 0.1) is 19.8 Å². The molecule has 0 radical (unpaired) electrons. The lowest BCUT2D eigenvalue weighted by Crippen LogP contribution is -2.42. The molecule has 0 saturated carbocycles. The van der Waals surface area contributed by atoms with Crippen LogP contribution in [0, 0.1) is 5.82 Å². The molecule has 0 aliphatic carbocycles. The number of amides is 1. The predicted molar refractivity (Wildman–Crippen MR) is 96.1 cm³/mol. The van der Waals surface area contributed by atoms with Crippen LogP contribution < -0.4 is 0 Å². The first kappa shape index (κ1) is 18.5. The Morgan fingerprint density at radius 3 is 2.69 bits per heavy atom. The Morgan fingerprint density at radius 2 is 2.00 bits per heavy atom. The van der Waals surface area contributed by atoms with Crippen LogP contribution in [0.5, 0.6) is 0 Å². The molecule has 7 heteroatoms. The first-order valence-corrected chi connectivity index (χ1v) is 8.92. The molecule has 2 aromatic rings. The lowest BCUT2D eigenvalue weighted by molar-refractivity contribution is -0.129. The average molecular weight is 360 g/mol. The Labute approximate surface area is 153 Å². The zero-order valence-corrected chi connectivity index (χ0v) is 15.1. The Hall–Kier alpha value is -2.25. The second kappa shape index (κ2) is 8.91. The fourth-order valence-electron chi connectivity index (χ4n) is 3.03. The standard InChI is InChI=1S/C19H25FN4O2/c1-16(25)23(9-8-22-10-12-26-13-11-22)15-19-21-6-7-24(19)14-17-2-4-18(20)5-3-17/h2-7H,8-15H2,1H3. The van der Waals surface area contributed by atoms with Crippen LogP contribution in [0.2, 0.25) is 0 Å². The quantitative estimate of drug-likeness (QED) is 0.755. The third-order valence-corrected chi connectivity index (χ3v) is 4.64. The van der Waals surface area contributed by atoms with Gasteiger partial charge in [-0.3, -0.25) is 9.69 Å². The summed E-state index contributed by atoms with van der Waals surface area (Å²) in [4.78, 5) is 20.6. The van der Waals surface area contributed by atoms with E-state index < -0.39 is 0 Å². The van der Waals surface area contributed by atoms with Crippen molar-refractivity contribution in [2.75, 3.05) is 39.4 Å². The van der Waals surface area contributed by atoms with Gasteiger partial charge in [0.15, 0.2) is 0 Å². The highest BCUT2D eigenvalue weighted by atomic mass is 19.1. The summed E-state index contributed by atoms with van der Waals surface area (Å²) < 4.78 is 20.4. The molecule has 1 aliphatic rings. The fraction of sp³-hybridized carbons (Fsp3) is 0.474. The number of morpholine rings is 1. The van der Waals surface area contributed by atoms with Gasteiger partial charge in [0, 0.05) is 52.0 Å². The summed E-state index contributed by atoms with van der Waals surface area (Å²) in [6, 6.07) is 6.44. The van der Waals surface area contributed by atoms with Gasteiger partial charge in [-0.25, -0.2) is 9.37 Å². The summed E-state index contributed by atoms with van der Waals surface area (Å²) in [5.74, 6) is 0.617. The van der Waals surface area contributed by atoms with E-state index in [1.165, 1.54) is 12.1 Å². The first-order valence-electron chi connectivity index (χ1n) is 8.92. The molecule has 3 rings (SSSR count). The van der Waals surface area contributed by atoms with Crippen molar-refractivity contribution in [2.45, 2.75) is 20.0 Å². The van der Waals surface area contributed by atoms with E-state index in [1.54, 1.807) is 25.3 Å². The second-order valence-electron chi connectivity index (χ2n) is 6.49. The van der Waals surface area contributed by atoms with E-state index in [0.29, 0.717) is 19.6 Å². The number of imidazole rings is 1. The maximum absolute atomic E-state index is 13.1. The number of nitrogens with zero attached hydrogens (tertiary/aromatic N) is 4. The van der Waals surface area contributed by atoms with E-state index in [1.807, 2.05) is 15.7 Å². The van der Waals surface area contributed by atoms with Gasteiger partial charge in [-0.2, -0.15) is 0 Å². The second-order valence-corrected chi connectivity index (χ2v) is 6.49. The lowest BCUT2D eigenvalue weighted by Gasteiger charge is -2.29. The topological polar surface area (TPSA) is 50.6 Å². The number of carbonyl (C=O) groups excluding carboxylic acids is 1. The smallest absolute Gasteiger partial charge is 0.219 e. The summed E-state index contributed by atoms with van der Waals surface area (Å²) in [6.07, 6.45) is 3.62. The van der Waals surface area contributed by atoms with Crippen molar-refractivity contribution in [2.24, 2.45) is 0 Å².